The molecule has 1 aromatic carbocycles. The SMILES string of the molecule is Cc1nc(C(C)(C)C)sc1C(C)NCc1ccccc1. The molecule has 108 valence electrons. The largest absolute Gasteiger partial charge is 0.305 e. The predicted octanol–water partition coefficient (Wildman–Crippen LogP) is 4.60. The van der Waals surface area contributed by atoms with Crippen LogP contribution in [0.5, 0.6) is 0 Å². The molecule has 3 heteroatoms. The van der Waals surface area contributed by atoms with Gasteiger partial charge in [0.15, 0.2) is 0 Å². The second kappa shape index (κ2) is 6.06. The lowest BCUT2D eigenvalue weighted by Crippen LogP contribution is -2.17. The van der Waals surface area contributed by atoms with Crippen LogP contribution in [0.15, 0.2) is 30.3 Å². The number of nitrogens with zero attached hydrogens (tertiary/aromatic N) is 1. The summed E-state index contributed by atoms with van der Waals surface area (Å²) in [5.74, 6) is 0. The van der Waals surface area contributed by atoms with Gasteiger partial charge in [0.25, 0.3) is 0 Å². The molecule has 20 heavy (non-hydrogen) atoms. The highest BCUT2D eigenvalue weighted by Crippen LogP contribution is 2.32. The van der Waals surface area contributed by atoms with Crippen molar-refractivity contribution >= 4 is 11.3 Å². The lowest BCUT2D eigenvalue weighted by atomic mass is 9.98. The minimum Gasteiger partial charge on any atom is -0.305 e. The highest BCUT2D eigenvalue weighted by atomic mass is 32.1. The first-order valence-electron chi connectivity index (χ1n) is 7.13. The smallest absolute Gasteiger partial charge is 0.0985 e. The van der Waals surface area contributed by atoms with Gasteiger partial charge in [0.1, 0.15) is 0 Å². The van der Waals surface area contributed by atoms with Crippen molar-refractivity contribution in [2.24, 2.45) is 0 Å². The summed E-state index contributed by atoms with van der Waals surface area (Å²) in [6, 6.07) is 10.9. The highest BCUT2D eigenvalue weighted by Gasteiger charge is 2.22. The van der Waals surface area contributed by atoms with E-state index < -0.39 is 0 Å². The third kappa shape index (κ3) is 3.68. The lowest BCUT2D eigenvalue weighted by molar-refractivity contribution is 0.577. The van der Waals surface area contributed by atoms with Crippen molar-refractivity contribution in [3.8, 4) is 0 Å². The summed E-state index contributed by atoms with van der Waals surface area (Å²) in [7, 11) is 0. The average molecular weight is 288 g/mol. The fourth-order valence-corrected chi connectivity index (χ4v) is 3.24. The monoisotopic (exact) mass is 288 g/mol. The molecular weight excluding hydrogens is 264 g/mol. The van der Waals surface area contributed by atoms with Gasteiger partial charge in [0.05, 0.1) is 10.7 Å². The number of aryl methyl sites for hydroxylation is 1. The maximum atomic E-state index is 4.74. The normalized spacial score (nSPS) is 13.4. The molecule has 1 heterocycles. The van der Waals surface area contributed by atoms with Crippen molar-refractivity contribution in [2.75, 3.05) is 0 Å². The molecule has 0 radical (unpaired) electrons. The first-order chi connectivity index (χ1) is 9.38. The number of thiazole rings is 1. The topological polar surface area (TPSA) is 24.9 Å². The summed E-state index contributed by atoms with van der Waals surface area (Å²) in [6.07, 6.45) is 0. The van der Waals surface area contributed by atoms with Crippen molar-refractivity contribution < 1.29 is 0 Å². The van der Waals surface area contributed by atoms with Gasteiger partial charge in [0.2, 0.25) is 0 Å². The van der Waals surface area contributed by atoms with E-state index in [4.69, 9.17) is 4.98 Å². The molecular formula is C17H24N2S. The Labute approximate surface area is 126 Å². The molecule has 0 saturated heterocycles. The molecule has 0 aliphatic carbocycles. The van der Waals surface area contributed by atoms with Gasteiger partial charge in [-0.1, -0.05) is 51.1 Å². The van der Waals surface area contributed by atoms with E-state index >= 15 is 0 Å². The van der Waals surface area contributed by atoms with Gasteiger partial charge in [-0.05, 0) is 19.4 Å². The van der Waals surface area contributed by atoms with E-state index in [1.54, 1.807) is 0 Å². The van der Waals surface area contributed by atoms with E-state index in [0.29, 0.717) is 6.04 Å². The van der Waals surface area contributed by atoms with Crippen LogP contribution in [0.3, 0.4) is 0 Å². The molecule has 2 aromatic rings. The third-order valence-electron chi connectivity index (χ3n) is 3.32. The van der Waals surface area contributed by atoms with E-state index in [1.807, 2.05) is 11.3 Å². The van der Waals surface area contributed by atoms with Crippen molar-refractivity contribution in [1.29, 1.82) is 0 Å². The zero-order valence-electron chi connectivity index (χ0n) is 13.0. The molecule has 0 aliphatic heterocycles. The van der Waals surface area contributed by atoms with Crippen LogP contribution < -0.4 is 5.32 Å². The van der Waals surface area contributed by atoms with Crippen LogP contribution in [0, 0.1) is 6.92 Å². The van der Waals surface area contributed by atoms with Gasteiger partial charge in [-0.2, -0.15) is 0 Å². The van der Waals surface area contributed by atoms with E-state index in [0.717, 1.165) is 12.2 Å². The van der Waals surface area contributed by atoms with Crippen LogP contribution >= 0.6 is 11.3 Å². The summed E-state index contributed by atoms with van der Waals surface area (Å²) < 4.78 is 0. The molecule has 2 nitrogen and oxygen atoms in total. The van der Waals surface area contributed by atoms with Gasteiger partial charge < -0.3 is 5.32 Å². The van der Waals surface area contributed by atoms with E-state index in [2.05, 4.69) is 70.3 Å². The molecule has 0 saturated carbocycles. The van der Waals surface area contributed by atoms with Gasteiger partial charge >= 0.3 is 0 Å². The number of hydrogen-bond acceptors (Lipinski definition) is 3. The van der Waals surface area contributed by atoms with Crippen molar-refractivity contribution in [1.82, 2.24) is 10.3 Å². The molecule has 0 spiro atoms. The minimum atomic E-state index is 0.132. The summed E-state index contributed by atoms with van der Waals surface area (Å²) in [6.45, 7) is 11.9. The third-order valence-corrected chi connectivity index (χ3v) is 5.09. The maximum absolute atomic E-state index is 4.74. The Balaban J connectivity index is 2.06. The van der Waals surface area contributed by atoms with Crippen molar-refractivity contribution in [3.63, 3.8) is 0 Å². The summed E-state index contributed by atoms with van der Waals surface area (Å²) >= 11 is 1.84. The number of nitrogens with one attached hydrogen (secondary N) is 1. The zero-order valence-corrected chi connectivity index (χ0v) is 13.8. The predicted molar refractivity (Wildman–Crippen MR) is 87.2 cm³/mol. The first-order valence-corrected chi connectivity index (χ1v) is 7.94. The van der Waals surface area contributed by atoms with E-state index in [1.165, 1.54) is 15.4 Å². The van der Waals surface area contributed by atoms with Gasteiger partial charge in [-0.3, -0.25) is 0 Å². The van der Waals surface area contributed by atoms with Crippen LogP contribution in [0.2, 0.25) is 0 Å². The molecule has 2 rings (SSSR count). The van der Waals surface area contributed by atoms with E-state index in [-0.39, 0.29) is 5.41 Å². The quantitative estimate of drug-likeness (QED) is 0.889. The first kappa shape index (κ1) is 15.2. The van der Waals surface area contributed by atoms with E-state index in [9.17, 15) is 0 Å². The van der Waals surface area contributed by atoms with Crippen LogP contribution in [0.1, 0.15) is 54.9 Å². The lowest BCUT2D eigenvalue weighted by Gasteiger charge is -2.14. The van der Waals surface area contributed by atoms with Gasteiger partial charge in [-0.15, -0.1) is 11.3 Å². The number of hydrogen-bond donors (Lipinski definition) is 1. The Hall–Kier alpha value is -1.19. The fourth-order valence-electron chi connectivity index (χ4n) is 2.09. The number of benzene rings is 1. The Morgan fingerprint density at radius 1 is 1.20 bits per heavy atom. The molecule has 1 atom stereocenters. The van der Waals surface area contributed by atoms with Crippen molar-refractivity contribution in [2.45, 2.75) is 52.6 Å². The molecule has 0 bridgehead atoms. The number of rotatable bonds is 4. The average Bonchev–Trinajstić information content (AvgIpc) is 2.79. The van der Waals surface area contributed by atoms with Crippen LogP contribution in [0.25, 0.3) is 0 Å². The molecule has 1 N–H and O–H groups in total. The second-order valence-electron chi connectivity index (χ2n) is 6.31. The number of aromatic nitrogens is 1. The zero-order chi connectivity index (χ0) is 14.8. The van der Waals surface area contributed by atoms with Crippen LogP contribution in [-0.4, -0.2) is 4.98 Å². The van der Waals surface area contributed by atoms with Crippen LogP contribution in [0.4, 0.5) is 0 Å². The molecule has 1 aromatic heterocycles. The Bertz CT molecular complexity index is 552. The Kier molecular flexibility index (Phi) is 4.61. The second-order valence-corrected chi connectivity index (χ2v) is 7.34. The fraction of sp³-hybridized carbons (Fsp3) is 0.471. The molecule has 0 amide bonds. The molecule has 1 unspecified atom stereocenters. The Morgan fingerprint density at radius 2 is 1.85 bits per heavy atom. The highest BCUT2D eigenvalue weighted by molar-refractivity contribution is 7.12. The summed E-state index contributed by atoms with van der Waals surface area (Å²) in [5, 5.41) is 4.81. The minimum absolute atomic E-state index is 0.132. The van der Waals surface area contributed by atoms with Gasteiger partial charge in [0, 0.05) is 22.9 Å². The molecule has 0 aliphatic rings. The standard InChI is InChI=1S/C17H24N2S/c1-12(18-11-14-9-7-6-8-10-14)15-13(2)19-16(20-15)17(3,4)5/h6-10,12,18H,11H2,1-5H3. The van der Waals surface area contributed by atoms with Gasteiger partial charge in [-0.25, -0.2) is 4.98 Å². The summed E-state index contributed by atoms with van der Waals surface area (Å²) in [5.41, 5.74) is 2.61. The Morgan fingerprint density at radius 3 is 2.40 bits per heavy atom. The van der Waals surface area contributed by atoms with Crippen LogP contribution in [-0.2, 0) is 12.0 Å². The van der Waals surface area contributed by atoms with Crippen molar-refractivity contribution in [3.05, 3.63) is 51.5 Å². The maximum Gasteiger partial charge on any atom is 0.0985 e. The molecule has 0 fully saturated rings. The summed E-state index contributed by atoms with van der Waals surface area (Å²) in [4.78, 5) is 6.09.